The molecule has 1 heterocycles. The number of aromatic carboxylic acids is 1. The molecule has 0 bridgehead atoms. The third-order valence-electron chi connectivity index (χ3n) is 1.27. The predicted octanol–water partition coefficient (Wildman–Crippen LogP) is 1.23. The van der Waals surface area contributed by atoms with E-state index in [4.69, 9.17) is 5.11 Å². The Kier molecular flexibility index (Phi) is 1.85. The van der Waals surface area contributed by atoms with E-state index in [1.807, 2.05) is 0 Å². The van der Waals surface area contributed by atoms with Gasteiger partial charge in [0.15, 0.2) is 0 Å². The topological polar surface area (TPSA) is 50.2 Å². The monoisotopic (exact) mass is 155 g/mol. The summed E-state index contributed by atoms with van der Waals surface area (Å²) in [6, 6.07) is 1.19. The molecule has 0 amide bonds. The first-order chi connectivity index (χ1) is 5.11. The Morgan fingerprint density at radius 2 is 2.36 bits per heavy atom. The van der Waals surface area contributed by atoms with Crippen molar-refractivity contribution in [3.8, 4) is 0 Å². The molecular weight excluding hydrogens is 149 g/mol. The summed E-state index contributed by atoms with van der Waals surface area (Å²) in [5.41, 5.74) is 0.154. The smallest absolute Gasteiger partial charge is 0.354 e. The Morgan fingerprint density at radius 3 is 2.82 bits per heavy atom. The van der Waals surface area contributed by atoms with Crippen LogP contribution in [0.25, 0.3) is 0 Å². The molecule has 1 aromatic heterocycles. The van der Waals surface area contributed by atoms with Gasteiger partial charge in [-0.25, -0.2) is 14.2 Å². The number of rotatable bonds is 1. The molecule has 0 atom stereocenters. The van der Waals surface area contributed by atoms with Crippen LogP contribution >= 0.6 is 0 Å². The van der Waals surface area contributed by atoms with E-state index >= 15 is 0 Å². The Hall–Kier alpha value is -1.45. The highest BCUT2D eigenvalue weighted by molar-refractivity contribution is 5.85. The summed E-state index contributed by atoms with van der Waals surface area (Å²) in [4.78, 5) is 13.6. The van der Waals surface area contributed by atoms with Crippen LogP contribution in [0.15, 0.2) is 12.3 Å². The number of pyridine rings is 1. The van der Waals surface area contributed by atoms with E-state index in [0.29, 0.717) is 0 Å². The standard InChI is InChI=1S/C7H6FNO2/c1-4-2-6(7(10)11)9-3-5(4)8/h2-3H,1H3,(H,10,11). The first-order valence-electron chi connectivity index (χ1n) is 2.96. The van der Waals surface area contributed by atoms with E-state index in [1.165, 1.54) is 13.0 Å². The van der Waals surface area contributed by atoms with Crippen molar-refractivity contribution in [3.63, 3.8) is 0 Å². The zero-order valence-electron chi connectivity index (χ0n) is 5.84. The van der Waals surface area contributed by atoms with Gasteiger partial charge in [-0.15, -0.1) is 0 Å². The third-order valence-corrected chi connectivity index (χ3v) is 1.27. The minimum atomic E-state index is -1.15. The summed E-state index contributed by atoms with van der Waals surface area (Å²) in [6.45, 7) is 1.49. The molecule has 1 rings (SSSR count). The summed E-state index contributed by atoms with van der Waals surface area (Å²) >= 11 is 0. The van der Waals surface area contributed by atoms with Gasteiger partial charge in [0.05, 0.1) is 6.20 Å². The van der Waals surface area contributed by atoms with E-state index in [1.54, 1.807) is 0 Å². The fourth-order valence-electron chi connectivity index (χ4n) is 0.656. The van der Waals surface area contributed by atoms with Gasteiger partial charge in [0.25, 0.3) is 0 Å². The Morgan fingerprint density at radius 1 is 1.73 bits per heavy atom. The van der Waals surface area contributed by atoms with E-state index < -0.39 is 11.8 Å². The highest BCUT2D eigenvalue weighted by atomic mass is 19.1. The van der Waals surface area contributed by atoms with Gasteiger partial charge in [-0.1, -0.05) is 0 Å². The maximum Gasteiger partial charge on any atom is 0.354 e. The largest absolute Gasteiger partial charge is 0.477 e. The summed E-state index contributed by atoms with van der Waals surface area (Å²) in [6.07, 6.45) is 0.902. The Bertz CT molecular complexity index is 298. The molecular formula is C7H6FNO2. The van der Waals surface area contributed by atoms with Crippen molar-refractivity contribution < 1.29 is 14.3 Å². The molecule has 0 saturated carbocycles. The van der Waals surface area contributed by atoms with Gasteiger partial charge in [0, 0.05) is 0 Å². The van der Waals surface area contributed by atoms with E-state index in [-0.39, 0.29) is 11.3 Å². The van der Waals surface area contributed by atoms with Crippen molar-refractivity contribution >= 4 is 5.97 Å². The lowest BCUT2D eigenvalue weighted by Crippen LogP contribution is -2.01. The third kappa shape index (κ3) is 1.52. The number of halogens is 1. The lowest BCUT2D eigenvalue weighted by molar-refractivity contribution is 0.0690. The molecule has 0 spiro atoms. The number of aryl methyl sites for hydroxylation is 1. The van der Waals surface area contributed by atoms with Crippen LogP contribution in [-0.4, -0.2) is 16.1 Å². The van der Waals surface area contributed by atoms with Crippen LogP contribution in [0.4, 0.5) is 4.39 Å². The molecule has 1 aromatic rings. The fraction of sp³-hybridized carbons (Fsp3) is 0.143. The maximum atomic E-state index is 12.5. The second-order valence-electron chi connectivity index (χ2n) is 2.12. The van der Waals surface area contributed by atoms with Crippen LogP contribution in [0, 0.1) is 12.7 Å². The first-order valence-corrected chi connectivity index (χ1v) is 2.96. The van der Waals surface area contributed by atoms with Crippen molar-refractivity contribution in [2.75, 3.05) is 0 Å². The summed E-state index contributed by atoms with van der Waals surface area (Å²) < 4.78 is 12.5. The number of carboxylic acids is 1. The molecule has 1 N–H and O–H groups in total. The SMILES string of the molecule is Cc1cc(C(=O)O)ncc1F. The molecule has 0 fully saturated rings. The number of nitrogens with zero attached hydrogens (tertiary/aromatic N) is 1. The van der Waals surface area contributed by atoms with Crippen molar-refractivity contribution in [2.24, 2.45) is 0 Å². The van der Waals surface area contributed by atoms with Crippen LogP contribution in [0.3, 0.4) is 0 Å². The molecule has 58 valence electrons. The van der Waals surface area contributed by atoms with Gasteiger partial charge in [-0.3, -0.25) is 0 Å². The average molecular weight is 155 g/mol. The minimum Gasteiger partial charge on any atom is -0.477 e. The van der Waals surface area contributed by atoms with Crippen molar-refractivity contribution in [3.05, 3.63) is 29.3 Å². The number of carboxylic acid groups (broad SMARTS) is 1. The molecule has 0 aliphatic carbocycles. The Labute approximate surface area is 62.5 Å². The van der Waals surface area contributed by atoms with Crippen LogP contribution < -0.4 is 0 Å². The zero-order valence-corrected chi connectivity index (χ0v) is 5.84. The zero-order chi connectivity index (χ0) is 8.43. The van der Waals surface area contributed by atoms with E-state index in [9.17, 15) is 9.18 Å². The molecule has 0 aliphatic heterocycles. The summed E-state index contributed by atoms with van der Waals surface area (Å²) in [5.74, 6) is -1.64. The normalized spacial score (nSPS) is 9.64. The minimum absolute atomic E-state index is 0.135. The fourth-order valence-corrected chi connectivity index (χ4v) is 0.656. The van der Waals surface area contributed by atoms with Crippen molar-refractivity contribution in [1.82, 2.24) is 4.98 Å². The van der Waals surface area contributed by atoms with Crippen LogP contribution in [0.2, 0.25) is 0 Å². The average Bonchev–Trinajstić information content (AvgIpc) is 1.94. The van der Waals surface area contributed by atoms with Gasteiger partial charge in [0.2, 0.25) is 0 Å². The molecule has 11 heavy (non-hydrogen) atoms. The highest BCUT2D eigenvalue weighted by Gasteiger charge is 2.05. The number of aromatic nitrogens is 1. The number of hydrogen-bond acceptors (Lipinski definition) is 2. The van der Waals surface area contributed by atoms with Crippen LogP contribution in [0.1, 0.15) is 16.1 Å². The lowest BCUT2D eigenvalue weighted by atomic mass is 10.2. The van der Waals surface area contributed by atoms with E-state index in [0.717, 1.165) is 6.20 Å². The summed E-state index contributed by atoms with van der Waals surface area (Å²) in [7, 11) is 0. The second-order valence-corrected chi connectivity index (χ2v) is 2.12. The molecule has 3 nitrogen and oxygen atoms in total. The molecule has 0 unspecified atom stereocenters. The molecule has 4 heteroatoms. The molecule has 0 saturated heterocycles. The quantitative estimate of drug-likeness (QED) is 0.663. The summed E-state index contributed by atoms with van der Waals surface area (Å²) in [5, 5.41) is 8.42. The first kappa shape index (κ1) is 7.65. The van der Waals surface area contributed by atoms with Gasteiger partial charge in [0.1, 0.15) is 11.5 Å². The second kappa shape index (κ2) is 2.65. The van der Waals surface area contributed by atoms with Gasteiger partial charge >= 0.3 is 5.97 Å². The maximum absolute atomic E-state index is 12.5. The molecule has 0 radical (unpaired) electrons. The predicted molar refractivity (Wildman–Crippen MR) is 35.9 cm³/mol. The molecule has 0 aliphatic rings. The van der Waals surface area contributed by atoms with E-state index in [2.05, 4.69) is 4.98 Å². The van der Waals surface area contributed by atoms with Gasteiger partial charge in [-0.2, -0.15) is 0 Å². The highest BCUT2D eigenvalue weighted by Crippen LogP contribution is 2.05. The van der Waals surface area contributed by atoms with Crippen molar-refractivity contribution in [1.29, 1.82) is 0 Å². The van der Waals surface area contributed by atoms with Crippen LogP contribution in [0.5, 0.6) is 0 Å². The van der Waals surface area contributed by atoms with Gasteiger partial charge in [-0.05, 0) is 18.6 Å². The molecule has 0 aromatic carbocycles. The lowest BCUT2D eigenvalue weighted by Gasteiger charge is -1.95. The van der Waals surface area contributed by atoms with Crippen LogP contribution in [-0.2, 0) is 0 Å². The van der Waals surface area contributed by atoms with Gasteiger partial charge < -0.3 is 5.11 Å². The Balaban J connectivity index is 3.15. The van der Waals surface area contributed by atoms with Crippen molar-refractivity contribution in [2.45, 2.75) is 6.92 Å². The number of hydrogen-bond donors (Lipinski definition) is 1. The number of carbonyl (C=O) groups is 1.